The molecule has 1 aliphatic rings. The number of nitrogens with zero attached hydrogens (tertiary/aromatic N) is 1. The standard InChI is InChI=1S/C12H10FNO4/c13-8-5-4-7(12(17)18)6-9(8)14-10(15)2-1-3-11(14)16/h4-6H,1-3H2,(H,17,18). The van der Waals surface area contributed by atoms with Crippen molar-refractivity contribution in [3.63, 3.8) is 0 Å². The molecule has 0 aliphatic carbocycles. The zero-order chi connectivity index (χ0) is 13.3. The second-order valence-corrected chi connectivity index (χ2v) is 3.95. The van der Waals surface area contributed by atoms with Crippen LogP contribution in [0.2, 0.25) is 0 Å². The molecule has 0 spiro atoms. The number of halogens is 1. The van der Waals surface area contributed by atoms with Crippen LogP contribution in [0, 0.1) is 5.82 Å². The maximum Gasteiger partial charge on any atom is 0.335 e. The molecule has 1 aromatic carbocycles. The first kappa shape index (κ1) is 12.2. The second-order valence-electron chi connectivity index (χ2n) is 3.95. The lowest BCUT2D eigenvalue weighted by Gasteiger charge is -2.25. The van der Waals surface area contributed by atoms with Crippen molar-refractivity contribution in [1.82, 2.24) is 0 Å². The molecule has 1 heterocycles. The van der Waals surface area contributed by atoms with E-state index in [9.17, 15) is 18.8 Å². The van der Waals surface area contributed by atoms with E-state index >= 15 is 0 Å². The lowest BCUT2D eigenvalue weighted by molar-refractivity contribution is -0.129. The second kappa shape index (κ2) is 4.56. The van der Waals surface area contributed by atoms with Crippen LogP contribution in [-0.2, 0) is 9.59 Å². The van der Waals surface area contributed by atoms with Crippen LogP contribution in [0.3, 0.4) is 0 Å². The summed E-state index contributed by atoms with van der Waals surface area (Å²) >= 11 is 0. The van der Waals surface area contributed by atoms with Gasteiger partial charge in [-0.2, -0.15) is 0 Å². The quantitative estimate of drug-likeness (QED) is 0.809. The summed E-state index contributed by atoms with van der Waals surface area (Å²) in [7, 11) is 0. The summed E-state index contributed by atoms with van der Waals surface area (Å²) in [4.78, 5) is 34.8. The van der Waals surface area contributed by atoms with Crippen molar-refractivity contribution in [3.8, 4) is 0 Å². The number of hydrogen-bond donors (Lipinski definition) is 1. The van der Waals surface area contributed by atoms with Gasteiger partial charge in [-0.3, -0.25) is 9.59 Å². The fourth-order valence-corrected chi connectivity index (χ4v) is 1.84. The van der Waals surface area contributed by atoms with Gasteiger partial charge in [-0.05, 0) is 24.6 Å². The third-order valence-corrected chi connectivity index (χ3v) is 2.71. The molecule has 6 heteroatoms. The number of rotatable bonds is 2. The molecule has 1 N–H and O–H groups in total. The van der Waals surface area contributed by atoms with Gasteiger partial charge in [0.2, 0.25) is 11.8 Å². The largest absolute Gasteiger partial charge is 0.478 e. The van der Waals surface area contributed by atoms with Gasteiger partial charge in [0, 0.05) is 12.8 Å². The van der Waals surface area contributed by atoms with Gasteiger partial charge in [-0.25, -0.2) is 14.1 Å². The van der Waals surface area contributed by atoms with Crippen molar-refractivity contribution in [2.75, 3.05) is 4.90 Å². The zero-order valence-electron chi connectivity index (χ0n) is 9.35. The van der Waals surface area contributed by atoms with Gasteiger partial charge in [-0.15, -0.1) is 0 Å². The summed E-state index contributed by atoms with van der Waals surface area (Å²) in [5.74, 6) is -3.04. The van der Waals surface area contributed by atoms with Gasteiger partial charge >= 0.3 is 5.97 Å². The highest BCUT2D eigenvalue weighted by atomic mass is 19.1. The minimum absolute atomic E-state index is 0.155. The molecule has 0 aromatic heterocycles. The summed E-state index contributed by atoms with van der Waals surface area (Å²) in [5.41, 5.74) is -0.456. The smallest absolute Gasteiger partial charge is 0.335 e. The maximum atomic E-state index is 13.6. The molecule has 1 fully saturated rings. The number of imide groups is 1. The Labute approximate surface area is 102 Å². The maximum absolute atomic E-state index is 13.6. The van der Waals surface area contributed by atoms with E-state index in [2.05, 4.69) is 0 Å². The average Bonchev–Trinajstić information content (AvgIpc) is 2.30. The van der Waals surface area contributed by atoms with Crippen molar-refractivity contribution in [2.45, 2.75) is 19.3 Å². The molecule has 1 aliphatic heterocycles. The molecule has 1 saturated heterocycles. The van der Waals surface area contributed by atoms with Crippen LogP contribution in [0.5, 0.6) is 0 Å². The van der Waals surface area contributed by atoms with E-state index in [1.807, 2.05) is 0 Å². The van der Waals surface area contributed by atoms with Crippen LogP contribution in [0.25, 0.3) is 0 Å². The molecular formula is C12H10FNO4. The summed E-state index contributed by atoms with van der Waals surface area (Å²) in [6.45, 7) is 0. The van der Waals surface area contributed by atoms with Crippen LogP contribution >= 0.6 is 0 Å². The van der Waals surface area contributed by atoms with E-state index in [4.69, 9.17) is 5.11 Å². The van der Waals surface area contributed by atoms with Crippen molar-refractivity contribution >= 4 is 23.5 Å². The molecule has 0 radical (unpaired) electrons. The first-order chi connectivity index (χ1) is 8.50. The molecule has 5 nitrogen and oxygen atoms in total. The predicted molar refractivity (Wildman–Crippen MR) is 59.7 cm³/mol. The molecule has 2 rings (SSSR count). The van der Waals surface area contributed by atoms with E-state index in [1.165, 1.54) is 0 Å². The number of hydrogen-bond acceptors (Lipinski definition) is 3. The van der Waals surface area contributed by atoms with E-state index in [-0.39, 0.29) is 24.1 Å². The zero-order valence-corrected chi connectivity index (χ0v) is 9.35. The summed E-state index contributed by atoms with van der Waals surface area (Å²) in [6.07, 6.45) is 0.749. The summed E-state index contributed by atoms with van der Waals surface area (Å²) in [5, 5.41) is 8.82. The van der Waals surface area contributed by atoms with Gasteiger partial charge in [0.25, 0.3) is 0 Å². The average molecular weight is 251 g/mol. The Balaban J connectivity index is 2.48. The molecule has 0 bridgehead atoms. The van der Waals surface area contributed by atoms with E-state index in [1.54, 1.807) is 0 Å². The Bertz CT molecular complexity index is 525. The van der Waals surface area contributed by atoms with Crippen molar-refractivity contribution in [1.29, 1.82) is 0 Å². The number of carboxylic acid groups (broad SMARTS) is 1. The highest BCUT2D eigenvalue weighted by Crippen LogP contribution is 2.26. The molecule has 0 atom stereocenters. The van der Waals surface area contributed by atoms with Crippen LogP contribution in [0.15, 0.2) is 18.2 Å². The van der Waals surface area contributed by atoms with E-state index in [0.29, 0.717) is 6.42 Å². The monoisotopic (exact) mass is 251 g/mol. The van der Waals surface area contributed by atoms with Crippen LogP contribution in [0.1, 0.15) is 29.6 Å². The molecule has 18 heavy (non-hydrogen) atoms. The van der Waals surface area contributed by atoms with E-state index in [0.717, 1.165) is 23.1 Å². The predicted octanol–water partition coefficient (Wildman–Crippen LogP) is 1.57. The highest BCUT2D eigenvalue weighted by Gasteiger charge is 2.29. The lowest BCUT2D eigenvalue weighted by Crippen LogP contribution is -2.40. The van der Waals surface area contributed by atoms with Gasteiger partial charge in [0.1, 0.15) is 5.82 Å². The van der Waals surface area contributed by atoms with Crippen LogP contribution < -0.4 is 4.90 Å². The Morgan fingerprint density at radius 2 is 1.83 bits per heavy atom. The number of amides is 2. The third kappa shape index (κ3) is 2.09. The summed E-state index contributed by atoms with van der Waals surface area (Å²) in [6, 6.07) is 3.02. The van der Waals surface area contributed by atoms with Crippen molar-refractivity contribution in [2.24, 2.45) is 0 Å². The van der Waals surface area contributed by atoms with Gasteiger partial charge in [-0.1, -0.05) is 0 Å². The summed E-state index contributed by atoms with van der Waals surface area (Å²) < 4.78 is 13.6. The van der Waals surface area contributed by atoms with Gasteiger partial charge < -0.3 is 5.11 Å². The Kier molecular flexibility index (Phi) is 3.10. The Hall–Kier alpha value is -2.24. The molecule has 94 valence electrons. The fourth-order valence-electron chi connectivity index (χ4n) is 1.84. The topological polar surface area (TPSA) is 74.7 Å². The number of aromatic carboxylic acids is 1. The molecule has 2 amide bonds. The third-order valence-electron chi connectivity index (χ3n) is 2.71. The number of carbonyl (C=O) groups is 3. The van der Waals surface area contributed by atoms with E-state index < -0.39 is 23.6 Å². The number of carbonyl (C=O) groups excluding carboxylic acids is 2. The van der Waals surface area contributed by atoms with Gasteiger partial charge in [0.05, 0.1) is 11.3 Å². The lowest BCUT2D eigenvalue weighted by atomic mass is 10.1. The molecule has 0 saturated carbocycles. The number of benzene rings is 1. The van der Waals surface area contributed by atoms with Crippen LogP contribution in [-0.4, -0.2) is 22.9 Å². The Morgan fingerprint density at radius 1 is 1.22 bits per heavy atom. The first-order valence-electron chi connectivity index (χ1n) is 5.39. The Morgan fingerprint density at radius 3 is 2.39 bits per heavy atom. The molecular weight excluding hydrogens is 241 g/mol. The van der Waals surface area contributed by atoms with Crippen molar-refractivity contribution < 1.29 is 23.9 Å². The number of piperidine rings is 1. The molecule has 1 aromatic rings. The fraction of sp³-hybridized carbons (Fsp3) is 0.250. The van der Waals surface area contributed by atoms with Crippen LogP contribution in [0.4, 0.5) is 10.1 Å². The number of carboxylic acids is 1. The molecule has 0 unspecified atom stereocenters. The first-order valence-corrected chi connectivity index (χ1v) is 5.39. The normalized spacial score (nSPS) is 15.9. The highest BCUT2D eigenvalue weighted by molar-refractivity contribution is 6.16. The van der Waals surface area contributed by atoms with Gasteiger partial charge in [0.15, 0.2) is 0 Å². The number of anilines is 1. The minimum Gasteiger partial charge on any atom is -0.478 e. The minimum atomic E-state index is -1.24. The van der Waals surface area contributed by atoms with Crippen molar-refractivity contribution in [3.05, 3.63) is 29.6 Å². The SMILES string of the molecule is O=C(O)c1ccc(F)c(N2C(=O)CCCC2=O)c1.